The summed E-state index contributed by atoms with van der Waals surface area (Å²) >= 11 is 1.49. The molecule has 1 fully saturated rings. The van der Waals surface area contributed by atoms with E-state index in [1.807, 2.05) is 36.4 Å². The minimum Gasteiger partial charge on any atom is -0.370 e. The summed E-state index contributed by atoms with van der Waals surface area (Å²) in [6, 6.07) is 14.5. The lowest BCUT2D eigenvalue weighted by atomic mass is 10.2. The summed E-state index contributed by atoms with van der Waals surface area (Å²) in [5, 5.41) is 3.56. The number of amides is 1. The number of nitrogens with zero attached hydrogens (tertiary/aromatic N) is 3. The summed E-state index contributed by atoms with van der Waals surface area (Å²) < 4.78 is 14.2. The van der Waals surface area contributed by atoms with Crippen LogP contribution in [0.4, 0.5) is 15.2 Å². The van der Waals surface area contributed by atoms with E-state index in [0.29, 0.717) is 11.7 Å². The molecule has 0 spiro atoms. The van der Waals surface area contributed by atoms with Crippen LogP contribution < -0.4 is 10.2 Å². The second-order valence-electron chi connectivity index (χ2n) is 6.63. The summed E-state index contributed by atoms with van der Waals surface area (Å²) in [6.07, 6.45) is 0.964. The third-order valence-electron chi connectivity index (χ3n) is 4.69. The lowest BCUT2D eigenvalue weighted by molar-refractivity contribution is -0.117. The van der Waals surface area contributed by atoms with Crippen LogP contribution in [-0.4, -0.2) is 48.5 Å². The van der Waals surface area contributed by atoms with Gasteiger partial charge in [0.15, 0.2) is 5.13 Å². The van der Waals surface area contributed by atoms with E-state index in [1.165, 1.54) is 23.5 Å². The molecule has 1 aromatic heterocycles. The van der Waals surface area contributed by atoms with Gasteiger partial charge in [-0.1, -0.05) is 23.5 Å². The number of halogens is 1. The molecule has 0 unspecified atom stereocenters. The number of hydrogen-bond acceptors (Lipinski definition) is 5. The molecular weight excluding hydrogens is 363 g/mol. The van der Waals surface area contributed by atoms with Gasteiger partial charge in [0.05, 0.1) is 16.8 Å². The van der Waals surface area contributed by atoms with E-state index in [-0.39, 0.29) is 11.7 Å². The molecule has 0 aliphatic carbocycles. The molecule has 2 aromatic carbocycles. The van der Waals surface area contributed by atoms with Crippen LogP contribution in [-0.2, 0) is 4.79 Å². The van der Waals surface area contributed by atoms with Crippen LogP contribution in [0, 0.1) is 5.82 Å². The number of benzene rings is 2. The van der Waals surface area contributed by atoms with Gasteiger partial charge in [0.2, 0.25) is 5.91 Å². The van der Waals surface area contributed by atoms with Crippen LogP contribution in [0.15, 0.2) is 48.5 Å². The smallest absolute Gasteiger partial charge is 0.240 e. The fourth-order valence-corrected chi connectivity index (χ4v) is 4.21. The van der Waals surface area contributed by atoms with Crippen molar-refractivity contribution in [2.75, 3.05) is 42.9 Å². The maximum Gasteiger partial charge on any atom is 0.240 e. The van der Waals surface area contributed by atoms with E-state index >= 15 is 0 Å². The summed E-state index contributed by atoms with van der Waals surface area (Å²) in [5.74, 6) is -0.258. The van der Waals surface area contributed by atoms with Crippen LogP contribution in [0.1, 0.15) is 6.42 Å². The highest BCUT2D eigenvalue weighted by molar-refractivity contribution is 7.22. The van der Waals surface area contributed by atoms with Crippen molar-refractivity contribution in [2.24, 2.45) is 0 Å². The summed E-state index contributed by atoms with van der Waals surface area (Å²) in [7, 11) is 0. The van der Waals surface area contributed by atoms with E-state index in [9.17, 15) is 9.18 Å². The molecule has 140 valence electrons. The third-order valence-corrected chi connectivity index (χ3v) is 5.64. The predicted molar refractivity (Wildman–Crippen MR) is 108 cm³/mol. The highest BCUT2D eigenvalue weighted by Crippen LogP contribution is 2.25. The van der Waals surface area contributed by atoms with Gasteiger partial charge in [-0.25, -0.2) is 9.37 Å². The van der Waals surface area contributed by atoms with Gasteiger partial charge in [-0.2, -0.15) is 0 Å². The highest BCUT2D eigenvalue weighted by Gasteiger charge is 2.18. The molecule has 5 nitrogen and oxygen atoms in total. The van der Waals surface area contributed by atoms with Crippen molar-refractivity contribution in [1.29, 1.82) is 0 Å². The van der Waals surface area contributed by atoms with Crippen molar-refractivity contribution < 1.29 is 9.18 Å². The topological polar surface area (TPSA) is 48.5 Å². The number of nitrogens with one attached hydrogen (secondary N) is 1. The van der Waals surface area contributed by atoms with Crippen molar-refractivity contribution in [3.05, 3.63) is 54.3 Å². The fraction of sp³-hybridized carbons (Fsp3) is 0.300. The maximum atomic E-state index is 13.1. The second kappa shape index (κ2) is 8.02. The van der Waals surface area contributed by atoms with Crippen molar-refractivity contribution in [1.82, 2.24) is 9.88 Å². The van der Waals surface area contributed by atoms with Crippen LogP contribution in [0.3, 0.4) is 0 Å². The average molecular weight is 384 g/mol. The number of hydrogen-bond donors (Lipinski definition) is 1. The lowest BCUT2D eigenvalue weighted by Crippen LogP contribution is -2.36. The monoisotopic (exact) mass is 384 g/mol. The Morgan fingerprint density at radius 1 is 1.07 bits per heavy atom. The fourth-order valence-electron chi connectivity index (χ4n) is 3.33. The minimum atomic E-state index is -0.221. The first kappa shape index (κ1) is 17.9. The van der Waals surface area contributed by atoms with Crippen molar-refractivity contribution in [3.63, 3.8) is 0 Å². The number of rotatable bonds is 4. The number of fused-ring (bicyclic) bond motifs is 1. The van der Waals surface area contributed by atoms with E-state index < -0.39 is 0 Å². The van der Waals surface area contributed by atoms with E-state index in [4.69, 9.17) is 0 Å². The number of carbonyl (C=O) groups excluding carboxylic acids is 1. The molecule has 4 rings (SSSR count). The molecule has 0 radical (unpaired) electrons. The number of carbonyl (C=O) groups is 1. The van der Waals surface area contributed by atoms with Crippen LogP contribution >= 0.6 is 11.3 Å². The molecule has 3 aromatic rings. The zero-order chi connectivity index (χ0) is 18.6. The summed E-state index contributed by atoms with van der Waals surface area (Å²) in [5.41, 5.74) is 1.93. The Bertz CT molecular complexity index is 894. The van der Waals surface area contributed by atoms with Gasteiger partial charge in [-0.3, -0.25) is 9.69 Å². The van der Waals surface area contributed by atoms with E-state index in [0.717, 1.165) is 48.5 Å². The third kappa shape index (κ3) is 4.43. The van der Waals surface area contributed by atoms with E-state index in [1.54, 1.807) is 0 Å². The molecular formula is C20H21FN4OS. The minimum absolute atomic E-state index is 0.0377. The van der Waals surface area contributed by atoms with Gasteiger partial charge in [-0.15, -0.1) is 0 Å². The van der Waals surface area contributed by atoms with Crippen LogP contribution in [0.5, 0.6) is 0 Å². The molecule has 27 heavy (non-hydrogen) atoms. The Morgan fingerprint density at radius 2 is 1.89 bits per heavy atom. The number of para-hydroxylation sites is 1. The second-order valence-corrected chi connectivity index (χ2v) is 7.66. The zero-order valence-electron chi connectivity index (χ0n) is 14.9. The first-order valence-corrected chi connectivity index (χ1v) is 9.87. The largest absolute Gasteiger partial charge is 0.370 e. The average Bonchev–Trinajstić information content (AvgIpc) is 2.92. The Morgan fingerprint density at radius 3 is 2.70 bits per heavy atom. The SMILES string of the molecule is O=C(CN1CCCN(c2ccc(F)cc2)CC1)Nc1nc2ccccc2s1. The molecule has 1 aliphatic rings. The number of anilines is 2. The number of aromatic nitrogens is 1. The number of thiazole rings is 1. The normalized spacial score (nSPS) is 15.7. The van der Waals surface area contributed by atoms with Crippen LogP contribution in [0.25, 0.3) is 10.2 Å². The maximum absolute atomic E-state index is 13.1. The van der Waals surface area contributed by atoms with Gasteiger partial charge in [-0.05, 0) is 42.8 Å². The van der Waals surface area contributed by atoms with Gasteiger partial charge in [0, 0.05) is 31.9 Å². The quantitative estimate of drug-likeness (QED) is 0.747. The molecule has 0 bridgehead atoms. The first-order valence-electron chi connectivity index (χ1n) is 9.06. The standard InChI is InChI=1S/C20H21FN4OS/c21-15-6-8-16(9-7-15)25-11-3-10-24(12-13-25)14-19(26)23-20-22-17-4-1-2-5-18(17)27-20/h1-2,4-9H,3,10-14H2,(H,22,23,26). The predicted octanol–water partition coefficient (Wildman–Crippen LogP) is 3.59. The Kier molecular flexibility index (Phi) is 5.31. The van der Waals surface area contributed by atoms with E-state index in [2.05, 4.69) is 20.1 Å². The van der Waals surface area contributed by atoms with Gasteiger partial charge in [0.1, 0.15) is 5.82 Å². The van der Waals surface area contributed by atoms with Gasteiger partial charge < -0.3 is 10.2 Å². The molecule has 1 saturated heterocycles. The van der Waals surface area contributed by atoms with Gasteiger partial charge in [0.25, 0.3) is 0 Å². The zero-order valence-corrected chi connectivity index (χ0v) is 15.7. The first-order chi connectivity index (χ1) is 13.2. The van der Waals surface area contributed by atoms with Gasteiger partial charge >= 0.3 is 0 Å². The molecule has 1 aliphatic heterocycles. The summed E-state index contributed by atoms with van der Waals surface area (Å²) in [4.78, 5) is 21.3. The molecule has 2 heterocycles. The Balaban J connectivity index is 1.32. The molecule has 7 heteroatoms. The highest BCUT2D eigenvalue weighted by atomic mass is 32.1. The molecule has 0 atom stereocenters. The molecule has 0 saturated carbocycles. The Labute approximate surface area is 161 Å². The van der Waals surface area contributed by atoms with Crippen molar-refractivity contribution in [2.45, 2.75) is 6.42 Å². The van der Waals surface area contributed by atoms with Crippen molar-refractivity contribution in [3.8, 4) is 0 Å². The Hall–Kier alpha value is -2.51. The lowest BCUT2D eigenvalue weighted by Gasteiger charge is -2.23. The molecule has 1 amide bonds. The van der Waals surface area contributed by atoms with Crippen LogP contribution in [0.2, 0.25) is 0 Å². The van der Waals surface area contributed by atoms with Crippen molar-refractivity contribution >= 4 is 38.3 Å². The summed E-state index contributed by atoms with van der Waals surface area (Å²) in [6.45, 7) is 3.74. The molecule has 1 N–H and O–H groups in total.